The van der Waals surface area contributed by atoms with E-state index < -0.39 is 0 Å². The third-order valence-electron chi connectivity index (χ3n) is 2.67. The summed E-state index contributed by atoms with van der Waals surface area (Å²) in [7, 11) is 0. The average molecular weight is 275 g/mol. The molecule has 7 nitrogen and oxygen atoms in total. The van der Waals surface area contributed by atoms with Gasteiger partial charge in [0.25, 0.3) is 5.91 Å². The fraction of sp³-hybridized carbons (Fsp3) is 0.385. The lowest BCUT2D eigenvalue weighted by molar-refractivity contribution is 0.0938. The van der Waals surface area contributed by atoms with Crippen LogP contribution < -0.4 is 10.1 Å². The Morgan fingerprint density at radius 1 is 1.50 bits per heavy atom. The van der Waals surface area contributed by atoms with E-state index in [9.17, 15) is 4.79 Å². The van der Waals surface area contributed by atoms with Crippen molar-refractivity contribution in [2.45, 2.75) is 26.3 Å². The van der Waals surface area contributed by atoms with Gasteiger partial charge in [-0.1, -0.05) is 18.2 Å². The van der Waals surface area contributed by atoms with Crippen LogP contribution in [0.1, 0.15) is 42.5 Å². The first kappa shape index (κ1) is 14.0. The number of ether oxygens (including phenoxy) is 1. The highest BCUT2D eigenvalue weighted by Gasteiger charge is 2.15. The number of hydrogen-bond acceptors (Lipinski definition) is 5. The molecule has 1 aromatic heterocycles. The van der Waals surface area contributed by atoms with Crippen LogP contribution in [-0.4, -0.2) is 33.1 Å². The summed E-state index contributed by atoms with van der Waals surface area (Å²) in [5.41, 5.74) is 0.536. The van der Waals surface area contributed by atoms with Gasteiger partial charge in [0, 0.05) is 5.56 Å². The van der Waals surface area contributed by atoms with Crippen molar-refractivity contribution in [1.29, 1.82) is 0 Å². The number of benzene rings is 1. The maximum atomic E-state index is 12.1. The largest absolute Gasteiger partial charge is 0.494 e. The van der Waals surface area contributed by atoms with Crippen molar-refractivity contribution in [1.82, 2.24) is 25.9 Å². The van der Waals surface area contributed by atoms with Gasteiger partial charge in [-0.2, -0.15) is 5.21 Å². The lowest BCUT2D eigenvalue weighted by Gasteiger charge is -2.11. The molecule has 0 radical (unpaired) electrons. The van der Waals surface area contributed by atoms with Crippen LogP contribution in [0.25, 0.3) is 0 Å². The third kappa shape index (κ3) is 3.53. The van der Waals surface area contributed by atoms with Gasteiger partial charge in [0.2, 0.25) is 0 Å². The Bertz CT molecular complexity index is 556. The molecule has 20 heavy (non-hydrogen) atoms. The molecule has 0 fully saturated rings. The molecule has 0 spiro atoms. The van der Waals surface area contributed by atoms with E-state index in [0.717, 1.165) is 6.42 Å². The maximum Gasteiger partial charge on any atom is 0.251 e. The molecule has 1 atom stereocenters. The summed E-state index contributed by atoms with van der Waals surface area (Å²) in [6, 6.07) is 6.75. The number of amides is 1. The van der Waals surface area contributed by atoms with E-state index >= 15 is 0 Å². The van der Waals surface area contributed by atoms with Crippen molar-refractivity contribution in [3.8, 4) is 5.75 Å². The van der Waals surface area contributed by atoms with Gasteiger partial charge in [0.1, 0.15) is 5.75 Å². The molecule has 7 heteroatoms. The Balaban J connectivity index is 2.01. The minimum absolute atomic E-state index is 0.204. The zero-order valence-electron chi connectivity index (χ0n) is 11.5. The molecule has 1 heterocycles. The molecule has 1 unspecified atom stereocenters. The molecule has 1 aromatic carbocycles. The van der Waals surface area contributed by atoms with Crippen molar-refractivity contribution in [3.63, 3.8) is 0 Å². The lowest BCUT2D eigenvalue weighted by atomic mass is 10.2. The predicted octanol–water partition coefficient (Wildman–Crippen LogP) is 1.48. The Hall–Kier alpha value is -2.44. The van der Waals surface area contributed by atoms with Gasteiger partial charge in [-0.15, -0.1) is 10.2 Å². The van der Waals surface area contributed by atoms with Crippen molar-refractivity contribution in [2.75, 3.05) is 6.61 Å². The Morgan fingerprint density at radius 2 is 2.35 bits per heavy atom. The second kappa shape index (κ2) is 6.65. The van der Waals surface area contributed by atoms with Crippen molar-refractivity contribution in [3.05, 3.63) is 35.7 Å². The summed E-state index contributed by atoms with van der Waals surface area (Å²) >= 11 is 0. The third-order valence-corrected chi connectivity index (χ3v) is 2.67. The van der Waals surface area contributed by atoms with Crippen molar-refractivity contribution < 1.29 is 9.53 Å². The minimum atomic E-state index is -0.318. The average Bonchev–Trinajstić information content (AvgIpc) is 2.99. The zero-order chi connectivity index (χ0) is 14.4. The standard InChI is InChI=1S/C13H17N5O2/c1-3-7-20-11-6-4-5-10(8-11)13(19)14-9(2)12-15-17-18-16-12/h4-6,8-9H,3,7H2,1-2H3,(H,14,19)(H,15,16,17,18). The highest BCUT2D eigenvalue weighted by molar-refractivity contribution is 5.94. The number of carbonyl (C=O) groups is 1. The highest BCUT2D eigenvalue weighted by Crippen LogP contribution is 2.14. The molecule has 0 saturated carbocycles. The number of nitrogens with zero attached hydrogens (tertiary/aromatic N) is 3. The van der Waals surface area contributed by atoms with E-state index in [1.54, 1.807) is 25.1 Å². The van der Waals surface area contributed by atoms with Crippen LogP contribution in [0.4, 0.5) is 0 Å². The van der Waals surface area contributed by atoms with Gasteiger partial charge in [-0.3, -0.25) is 4.79 Å². The molecule has 2 rings (SSSR count). The lowest BCUT2D eigenvalue weighted by Crippen LogP contribution is -2.27. The molecule has 0 aliphatic carbocycles. The van der Waals surface area contributed by atoms with E-state index in [0.29, 0.717) is 23.7 Å². The number of nitrogens with one attached hydrogen (secondary N) is 2. The first-order valence-electron chi connectivity index (χ1n) is 6.47. The molecule has 106 valence electrons. The molecule has 2 N–H and O–H groups in total. The second-order valence-electron chi connectivity index (χ2n) is 4.34. The Kier molecular flexibility index (Phi) is 4.65. The van der Waals surface area contributed by atoms with E-state index in [-0.39, 0.29) is 11.9 Å². The Labute approximate surface area is 116 Å². The normalized spacial score (nSPS) is 11.9. The predicted molar refractivity (Wildman–Crippen MR) is 72.3 cm³/mol. The topological polar surface area (TPSA) is 92.8 Å². The van der Waals surface area contributed by atoms with Crippen LogP contribution in [0.2, 0.25) is 0 Å². The summed E-state index contributed by atoms with van der Waals surface area (Å²) in [6.45, 7) is 4.45. The van der Waals surface area contributed by atoms with Crippen molar-refractivity contribution in [2.24, 2.45) is 0 Å². The quantitative estimate of drug-likeness (QED) is 0.833. The first-order valence-corrected chi connectivity index (χ1v) is 6.47. The van der Waals surface area contributed by atoms with Crippen LogP contribution in [0.3, 0.4) is 0 Å². The van der Waals surface area contributed by atoms with Gasteiger partial charge in [-0.25, -0.2) is 0 Å². The molecule has 0 aliphatic rings. The smallest absolute Gasteiger partial charge is 0.251 e. The van der Waals surface area contributed by atoms with E-state index in [1.807, 2.05) is 13.0 Å². The van der Waals surface area contributed by atoms with Crippen LogP contribution in [0, 0.1) is 0 Å². The van der Waals surface area contributed by atoms with Gasteiger partial charge in [-0.05, 0) is 31.5 Å². The van der Waals surface area contributed by atoms with Crippen LogP contribution in [0.15, 0.2) is 24.3 Å². The second-order valence-corrected chi connectivity index (χ2v) is 4.34. The summed E-state index contributed by atoms with van der Waals surface area (Å²) in [6.07, 6.45) is 0.922. The number of hydrogen-bond donors (Lipinski definition) is 2. The number of aromatic amines is 1. The summed E-state index contributed by atoms with van der Waals surface area (Å²) in [5, 5.41) is 16.3. The summed E-state index contributed by atoms with van der Waals surface area (Å²) in [4.78, 5) is 12.1. The number of tetrazole rings is 1. The SMILES string of the molecule is CCCOc1cccc(C(=O)NC(C)c2nn[nH]n2)c1. The fourth-order valence-corrected chi connectivity index (χ4v) is 1.64. The van der Waals surface area contributed by atoms with Gasteiger partial charge >= 0.3 is 0 Å². The fourth-order valence-electron chi connectivity index (χ4n) is 1.64. The molecule has 0 aliphatic heterocycles. The molecular weight excluding hydrogens is 258 g/mol. The monoisotopic (exact) mass is 275 g/mol. The summed E-state index contributed by atoms with van der Waals surface area (Å²) in [5.74, 6) is 0.924. The van der Waals surface area contributed by atoms with Gasteiger partial charge in [0.15, 0.2) is 5.82 Å². The number of H-pyrrole nitrogens is 1. The van der Waals surface area contributed by atoms with Crippen molar-refractivity contribution >= 4 is 5.91 Å². The highest BCUT2D eigenvalue weighted by atomic mass is 16.5. The number of rotatable bonds is 6. The summed E-state index contributed by atoms with van der Waals surface area (Å²) < 4.78 is 5.50. The van der Waals surface area contributed by atoms with E-state index in [2.05, 4.69) is 25.9 Å². The molecule has 0 saturated heterocycles. The Morgan fingerprint density at radius 3 is 3.05 bits per heavy atom. The number of aromatic nitrogens is 4. The molecule has 1 amide bonds. The first-order chi connectivity index (χ1) is 9.70. The number of carbonyl (C=O) groups excluding carboxylic acids is 1. The van der Waals surface area contributed by atoms with Crippen LogP contribution >= 0.6 is 0 Å². The van der Waals surface area contributed by atoms with Crippen LogP contribution in [-0.2, 0) is 0 Å². The van der Waals surface area contributed by atoms with E-state index in [1.165, 1.54) is 0 Å². The van der Waals surface area contributed by atoms with Gasteiger partial charge in [0.05, 0.1) is 12.6 Å². The van der Waals surface area contributed by atoms with Crippen LogP contribution in [0.5, 0.6) is 5.75 Å². The zero-order valence-corrected chi connectivity index (χ0v) is 11.5. The maximum absolute atomic E-state index is 12.1. The van der Waals surface area contributed by atoms with Gasteiger partial charge < -0.3 is 10.1 Å². The molecular formula is C13H17N5O2. The van der Waals surface area contributed by atoms with E-state index in [4.69, 9.17) is 4.74 Å². The molecule has 0 bridgehead atoms. The molecule has 2 aromatic rings. The minimum Gasteiger partial charge on any atom is -0.494 e.